The fraction of sp³-hybridized carbons (Fsp3) is 0.818. The summed E-state index contributed by atoms with van der Waals surface area (Å²) in [6.45, 7) is 7.33. The minimum absolute atomic E-state index is 0.126. The molecule has 0 aromatic carbocycles. The van der Waals surface area contributed by atoms with E-state index in [1.807, 2.05) is 4.68 Å². The van der Waals surface area contributed by atoms with Crippen LogP contribution in [-0.4, -0.2) is 20.3 Å². The summed E-state index contributed by atoms with van der Waals surface area (Å²) in [6.07, 6.45) is 5.47. The summed E-state index contributed by atoms with van der Waals surface area (Å²) < 4.78 is 1.97. The van der Waals surface area contributed by atoms with Gasteiger partial charge >= 0.3 is 0 Å². The largest absolute Gasteiger partial charge is 0.325 e. The number of nitrogens with zero attached hydrogens (tertiary/aromatic N) is 3. The summed E-state index contributed by atoms with van der Waals surface area (Å²) >= 11 is 0. The second-order valence-corrected chi connectivity index (χ2v) is 4.15. The lowest BCUT2D eigenvalue weighted by Crippen LogP contribution is -2.41. The molecule has 15 heavy (non-hydrogen) atoms. The van der Waals surface area contributed by atoms with Gasteiger partial charge in [-0.2, -0.15) is 5.10 Å². The zero-order valence-corrected chi connectivity index (χ0v) is 10.0. The van der Waals surface area contributed by atoms with Crippen LogP contribution < -0.4 is 5.73 Å². The van der Waals surface area contributed by atoms with Crippen LogP contribution in [0.25, 0.3) is 0 Å². The lowest BCUT2D eigenvalue weighted by molar-refractivity contribution is 0.374. The van der Waals surface area contributed by atoms with Gasteiger partial charge in [-0.25, -0.2) is 4.98 Å². The number of nitrogens with two attached hydrogens (primary N) is 1. The van der Waals surface area contributed by atoms with Crippen LogP contribution in [0.2, 0.25) is 0 Å². The molecule has 0 aliphatic carbocycles. The first-order chi connectivity index (χ1) is 7.15. The molecule has 1 heterocycles. The molecule has 1 aromatic heterocycles. The van der Waals surface area contributed by atoms with E-state index in [0.29, 0.717) is 0 Å². The molecule has 0 fully saturated rings. The second kappa shape index (κ2) is 5.26. The summed E-state index contributed by atoms with van der Waals surface area (Å²) in [6, 6.07) is 0. The second-order valence-electron chi connectivity index (χ2n) is 4.15. The Balaban J connectivity index is 2.74. The summed E-state index contributed by atoms with van der Waals surface area (Å²) in [5.74, 6) is 1.02. The van der Waals surface area contributed by atoms with E-state index in [0.717, 1.165) is 38.1 Å². The van der Waals surface area contributed by atoms with Gasteiger partial charge in [0.25, 0.3) is 0 Å². The molecule has 0 aliphatic rings. The van der Waals surface area contributed by atoms with Gasteiger partial charge in [0.15, 0.2) is 0 Å². The molecule has 1 rings (SSSR count). The normalized spacial score (nSPS) is 12.0. The van der Waals surface area contributed by atoms with Gasteiger partial charge < -0.3 is 5.73 Å². The Morgan fingerprint density at radius 1 is 1.33 bits per heavy atom. The molecule has 4 heteroatoms. The molecule has 4 nitrogen and oxygen atoms in total. The van der Waals surface area contributed by atoms with Crippen LogP contribution in [0.5, 0.6) is 0 Å². The lowest BCUT2D eigenvalue weighted by atomic mass is 9.90. The third-order valence-electron chi connectivity index (χ3n) is 3.05. The molecular formula is C11H22N4. The van der Waals surface area contributed by atoms with Gasteiger partial charge in [0.2, 0.25) is 0 Å². The van der Waals surface area contributed by atoms with Crippen LogP contribution in [-0.2, 0) is 13.0 Å². The average molecular weight is 210 g/mol. The van der Waals surface area contributed by atoms with Crippen molar-refractivity contribution >= 4 is 0 Å². The number of hydrogen-bond donors (Lipinski definition) is 1. The number of aromatic nitrogens is 3. The fourth-order valence-electron chi connectivity index (χ4n) is 1.64. The predicted octanol–water partition coefficient (Wildman–Crippen LogP) is 1.75. The molecule has 0 saturated carbocycles. The molecule has 0 amide bonds. The van der Waals surface area contributed by atoms with E-state index in [1.165, 1.54) is 0 Å². The average Bonchev–Trinajstić information content (AvgIpc) is 2.66. The van der Waals surface area contributed by atoms with Crippen molar-refractivity contribution in [3.05, 3.63) is 12.2 Å². The molecule has 2 N–H and O–H groups in total. The van der Waals surface area contributed by atoms with E-state index in [-0.39, 0.29) is 5.54 Å². The molecule has 0 spiro atoms. The van der Waals surface area contributed by atoms with E-state index in [2.05, 4.69) is 30.9 Å². The lowest BCUT2D eigenvalue weighted by Gasteiger charge is -2.26. The third-order valence-corrected chi connectivity index (χ3v) is 3.05. The topological polar surface area (TPSA) is 56.7 Å². The van der Waals surface area contributed by atoms with E-state index in [9.17, 15) is 0 Å². The van der Waals surface area contributed by atoms with Crippen molar-refractivity contribution in [2.45, 2.75) is 58.5 Å². The summed E-state index contributed by atoms with van der Waals surface area (Å²) in [7, 11) is 0. The molecule has 0 aliphatic heterocycles. The minimum Gasteiger partial charge on any atom is -0.325 e. The van der Waals surface area contributed by atoms with E-state index < -0.39 is 0 Å². The zero-order chi connectivity index (χ0) is 11.3. The van der Waals surface area contributed by atoms with Gasteiger partial charge in [-0.15, -0.1) is 0 Å². The molecular weight excluding hydrogens is 188 g/mol. The molecule has 0 unspecified atom stereocenters. The highest BCUT2D eigenvalue weighted by Crippen LogP contribution is 2.16. The highest BCUT2D eigenvalue weighted by atomic mass is 15.3. The maximum absolute atomic E-state index is 6.27. The van der Waals surface area contributed by atoms with Crippen LogP contribution in [0, 0.1) is 0 Å². The number of aryl methyl sites for hydroxylation is 1. The van der Waals surface area contributed by atoms with Gasteiger partial charge in [-0.3, -0.25) is 4.68 Å². The predicted molar refractivity (Wildman–Crippen MR) is 61.5 cm³/mol. The van der Waals surface area contributed by atoms with E-state index >= 15 is 0 Å². The monoisotopic (exact) mass is 210 g/mol. The van der Waals surface area contributed by atoms with Crippen molar-refractivity contribution < 1.29 is 0 Å². The Hall–Kier alpha value is -0.900. The SMILES string of the molecule is CCCn1ncnc1CC(N)(CC)CC. The molecule has 0 atom stereocenters. The van der Waals surface area contributed by atoms with Crippen molar-refractivity contribution in [1.29, 1.82) is 0 Å². The van der Waals surface area contributed by atoms with Crippen molar-refractivity contribution in [1.82, 2.24) is 14.8 Å². The van der Waals surface area contributed by atoms with Crippen LogP contribution in [0.1, 0.15) is 45.9 Å². The molecule has 0 bridgehead atoms. The van der Waals surface area contributed by atoms with Crippen molar-refractivity contribution in [3.63, 3.8) is 0 Å². The molecule has 0 saturated heterocycles. The fourth-order valence-corrected chi connectivity index (χ4v) is 1.64. The molecule has 86 valence electrons. The molecule has 1 aromatic rings. The van der Waals surface area contributed by atoms with E-state index in [4.69, 9.17) is 5.73 Å². The van der Waals surface area contributed by atoms with Gasteiger partial charge in [0.05, 0.1) is 0 Å². The van der Waals surface area contributed by atoms with Crippen molar-refractivity contribution in [2.24, 2.45) is 5.73 Å². The Labute approximate surface area is 91.9 Å². The van der Waals surface area contributed by atoms with Gasteiger partial charge in [-0.05, 0) is 19.3 Å². The quantitative estimate of drug-likeness (QED) is 0.778. The highest BCUT2D eigenvalue weighted by molar-refractivity contribution is 4.96. The van der Waals surface area contributed by atoms with Crippen LogP contribution >= 0.6 is 0 Å². The van der Waals surface area contributed by atoms with Crippen LogP contribution in [0.4, 0.5) is 0 Å². The zero-order valence-electron chi connectivity index (χ0n) is 10.0. The van der Waals surface area contributed by atoms with Crippen molar-refractivity contribution in [2.75, 3.05) is 0 Å². The first-order valence-corrected chi connectivity index (χ1v) is 5.80. The maximum atomic E-state index is 6.27. The maximum Gasteiger partial charge on any atom is 0.138 e. The summed E-state index contributed by atoms with van der Waals surface area (Å²) in [5, 5.41) is 4.21. The highest BCUT2D eigenvalue weighted by Gasteiger charge is 2.23. The van der Waals surface area contributed by atoms with Gasteiger partial charge in [-0.1, -0.05) is 20.8 Å². The summed E-state index contributed by atoms with van der Waals surface area (Å²) in [4.78, 5) is 4.29. The number of hydrogen-bond acceptors (Lipinski definition) is 3. The standard InChI is InChI=1S/C11H22N4/c1-4-7-15-10(13-9-14-15)8-11(12,5-2)6-3/h9H,4-8,12H2,1-3H3. The first-order valence-electron chi connectivity index (χ1n) is 5.80. The smallest absolute Gasteiger partial charge is 0.138 e. The van der Waals surface area contributed by atoms with Gasteiger partial charge in [0, 0.05) is 18.5 Å². The van der Waals surface area contributed by atoms with Gasteiger partial charge in [0.1, 0.15) is 12.2 Å². The Kier molecular flexibility index (Phi) is 4.27. The van der Waals surface area contributed by atoms with Crippen molar-refractivity contribution in [3.8, 4) is 0 Å². The van der Waals surface area contributed by atoms with Crippen LogP contribution in [0.15, 0.2) is 6.33 Å². The molecule has 0 radical (unpaired) electrons. The third kappa shape index (κ3) is 3.02. The van der Waals surface area contributed by atoms with Crippen LogP contribution in [0.3, 0.4) is 0 Å². The number of rotatable bonds is 6. The Morgan fingerprint density at radius 2 is 2.00 bits per heavy atom. The Bertz CT molecular complexity index is 289. The minimum atomic E-state index is -0.126. The Morgan fingerprint density at radius 3 is 2.53 bits per heavy atom. The first kappa shape index (κ1) is 12.2. The summed E-state index contributed by atoms with van der Waals surface area (Å²) in [5.41, 5.74) is 6.15. The van der Waals surface area contributed by atoms with E-state index in [1.54, 1.807) is 6.33 Å².